The number of benzene rings is 2. The molecule has 2 saturated carbocycles. The highest BCUT2D eigenvalue weighted by Gasteiger charge is 2.62. The first-order valence-electron chi connectivity index (χ1n) is 17.8. The average molecular weight is 705 g/mol. The van der Waals surface area contributed by atoms with Crippen molar-refractivity contribution in [1.82, 2.24) is 30.1 Å². The minimum Gasteiger partial charge on any atom is -0.339 e. The van der Waals surface area contributed by atoms with E-state index in [0.717, 1.165) is 12.8 Å². The number of nitrogens with one attached hydrogen (secondary N) is 3. The van der Waals surface area contributed by atoms with E-state index >= 15 is 0 Å². The van der Waals surface area contributed by atoms with E-state index in [0.29, 0.717) is 45.4 Å². The Morgan fingerprint density at radius 1 is 1.00 bits per heavy atom. The van der Waals surface area contributed by atoms with E-state index < -0.39 is 56.0 Å². The molecule has 2 saturated heterocycles. The van der Waals surface area contributed by atoms with Crippen LogP contribution in [-0.4, -0.2) is 95.4 Å². The third-order valence-corrected chi connectivity index (χ3v) is 13.0. The summed E-state index contributed by atoms with van der Waals surface area (Å²) in [5.74, 6) is -2.12. The van der Waals surface area contributed by atoms with Crippen molar-refractivity contribution in [3.05, 3.63) is 60.2 Å². The van der Waals surface area contributed by atoms with Crippen molar-refractivity contribution < 1.29 is 27.6 Å². The molecule has 13 heteroatoms. The third kappa shape index (κ3) is 6.38. The minimum absolute atomic E-state index is 0.192. The molecule has 0 bridgehead atoms. The van der Waals surface area contributed by atoms with Crippen LogP contribution in [0.1, 0.15) is 70.4 Å². The summed E-state index contributed by atoms with van der Waals surface area (Å²) in [6.45, 7) is 12.3. The van der Waals surface area contributed by atoms with Gasteiger partial charge in [-0.25, -0.2) is 13.2 Å². The van der Waals surface area contributed by atoms with Crippen molar-refractivity contribution in [2.75, 3.05) is 19.6 Å². The predicted molar refractivity (Wildman–Crippen MR) is 189 cm³/mol. The zero-order valence-electron chi connectivity index (χ0n) is 29.1. The molecule has 5 amide bonds. The van der Waals surface area contributed by atoms with E-state index in [9.17, 15) is 27.6 Å². The normalized spacial score (nSPS) is 27.1. The van der Waals surface area contributed by atoms with Gasteiger partial charge in [0.15, 0.2) is 0 Å². The van der Waals surface area contributed by atoms with Gasteiger partial charge in [0, 0.05) is 44.7 Å². The van der Waals surface area contributed by atoms with Crippen LogP contribution in [0.5, 0.6) is 0 Å². The molecule has 50 heavy (non-hydrogen) atoms. The molecule has 3 aliphatic heterocycles. The lowest BCUT2D eigenvalue weighted by molar-refractivity contribution is -0.142. The van der Waals surface area contributed by atoms with Gasteiger partial charge >= 0.3 is 6.03 Å². The summed E-state index contributed by atoms with van der Waals surface area (Å²) < 4.78 is 27.6. The van der Waals surface area contributed by atoms with Crippen molar-refractivity contribution in [3.63, 3.8) is 0 Å². The van der Waals surface area contributed by atoms with Gasteiger partial charge in [-0.15, -0.1) is 6.58 Å². The molecule has 0 aromatic heterocycles. The molecule has 7 rings (SSSR count). The molecule has 0 radical (unpaired) electrons. The molecule has 4 fully saturated rings. The summed E-state index contributed by atoms with van der Waals surface area (Å²) in [5, 5.41) is 7.71. The minimum atomic E-state index is -3.85. The number of amides is 5. The first kappa shape index (κ1) is 34.5. The van der Waals surface area contributed by atoms with Crippen LogP contribution in [-0.2, 0) is 37.5 Å². The summed E-state index contributed by atoms with van der Waals surface area (Å²) in [6, 6.07) is 10.2. The molecule has 12 nitrogen and oxygen atoms in total. The number of hydrogen-bond acceptors (Lipinski definition) is 7. The standard InChI is InChI=1S/C37H48N6O6S/c1-5-26-19-37(26,34(46)40-50(48,49)28-14-15-28)39-32(44)29-18-27(42-20-24-12-8-10-23-11-9-13-25(21-42)30(23)24)22-43(29)33(45)31(36(2,3)4)38-35(47)41-16-6-7-17-41/h5,8-13,26-29,31H,1,6-7,14-22H2,2-4H3,(H,38,47)(H,39,44)(H,40,46)/t26-,27-,29+,31-,37-/m1/s1. The molecular formula is C37H48N6O6S. The van der Waals surface area contributed by atoms with Gasteiger partial charge in [0.1, 0.15) is 17.6 Å². The van der Waals surface area contributed by atoms with Gasteiger partial charge < -0.3 is 20.4 Å². The number of carbonyl (C=O) groups excluding carboxylic acids is 4. The summed E-state index contributed by atoms with van der Waals surface area (Å²) in [6.07, 6.45) is 4.88. The van der Waals surface area contributed by atoms with E-state index in [-0.39, 0.29) is 30.9 Å². The number of sulfonamides is 1. The smallest absolute Gasteiger partial charge is 0.318 e. The van der Waals surface area contributed by atoms with Crippen LogP contribution in [0.15, 0.2) is 49.1 Å². The summed E-state index contributed by atoms with van der Waals surface area (Å²) in [5.41, 5.74) is 0.217. The molecule has 3 N–H and O–H groups in total. The first-order valence-corrected chi connectivity index (χ1v) is 19.4. The van der Waals surface area contributed by atoms with Crippen LogP contribution in [0.3, 0.4) is 0 Å². The van der Waals surface area contributed by atoms with Crippen molar-refractivity contribution in [1.29, 1.82) is 0 Å². The van der Waals surface area contributed by atoms with Crippen LogP contribution in [0.4, 0.5) is 4.79 Å². The highest BCUT2D eigenvalue weighted by molar-refractivity contribution is 7.91. The van der Waals surface area contributed by atoms with Crippen LogP contribution < -0.4 is 15.4 Å². The lowest BCUT2D eigenvalue weighted by atomic mass is 9.85. The number of nitrogens with zero attached hydrogens (tertiary/aromatic N) is 3. The molecule has 2 aromatic rings. The van der Waals surface area contributed by atoms with Gasteiger partial charge in [0.25, 0.3) is 5.91 Å². The van der Waals surface area contributed by atoms with Gasteiger partial charge in [-0.2, -0.15) is 0 Å². The molecule has 268 valence electrons. The lowest BCUT2D eigenvalue weighted by Crippen LogP contribution is -2.61. The van der Waals surface area contributed by atoms with E-state index in [1.54, 1.807) is 15.9 Å². The second kappa shape index (κ2) is 12.7. The van der Waals surface area contributed by atoms with Crippen molar-refractivity contribution in [2.24, 2.45) is 11.3 Å². The second-order valence-corrected chi connectivity index (χ2v) is 17.8. The molecule has 0 spiro atoms. The Kier molecular flexibility index (Phi) is 8.73. The molecule has 5 atom stereocenters. The van der Waals surface area contributed by atoms with Gasteiger partial charge in [-0.05, 0) is 65.8 Å². The number of carbonyl (C=O) groups is 4. The summed E-state index contributed by atoms with van der Waals surface area (Å²) in [7, 11) is -3.85. The molecule has 2 aliphatic carbocycles. The topological polar surface area (TPSA) is 148 Å². The Balaban J connectivity index is 1.17. The zero-order valence-corrected chi connectivity index (χ0v) is 29.9. The monoisotopic (exact) mass is 704 g/mol. The lowest BCUT2D eigenvalue weighted by Gasteiger charge is -2.37. The number of urea groups is 1. The molecule has 2 aromatic carbocycles. The molecule has 3 heterocycles. The van der Waals surface area contributed by atoms with Crippen molar-refractivity contribution in [3.8, 4) is 0 Å². The van der Waals surface area contributed by atoms with Gasteiger partial charge in [-0.3, -0.25) is 24.0 Å². The molecule has 5 aliphatic rings. The Bertz CT molecular complexity index is 1810. The Morgan fingerprint density at radius 3 is 2.20 bits per heavy atom. The highest BCUT2D eigenvalue weighted by Crippen LogP contribution is 2.46. The fraction of sp³-hybridized carbons (Fsp3) is 0.568. The number of hydrogen-bond donors (Lipinski definition) is 3. The van der Waals surface area contributed by atoms with Crippen LogP contribution in [0.2, 0.25) is 0 Å². The fourth-order valence-corrected chi connectivity index (χ4v) is 9.42. The number of likely N-dealkylation sites (tertiary alicyclic amines) is 2. The van der Waals surface area contributed by atoms with Crippen molar-refractivity contribution >= 4 is 44.5 Å². The van der Waals surface area contributed by atoms with E-state index in [1.165, 1.54) is 21.9 Å². The van der Waals surface area contributed by atoms with Crippen LogP contribution in [0, 0.1) is 11.3 Å². The molecular weight excluding hydrogens is 657 g/mol. The molecule has 0 unspecified atom stereocenters. The Labute approximate surface area is 294 Å². The van der Waals surface area contributed by atoms with Crippen LogP contribution >= 0.6 is 0 Å². The Morgan fingerprint density at radius 2 is 1.64 bits per heavy atom. The van der Waals surface area contributed by atoms with E-state index in [4.69, 9.17) is 0 Å². The van der Waals surface area contributed by atoms with Crippen molar-refractivity contribution in [2.45, 2.75) is 101 Å². The van der Waals surface area contributed by atoms with E-state index in [2.05, 4.69) is 51.1 Å². The predicted octanol–water partition coefficient (Wildman–Crippen LogP) is 3.01. The third-order valence-electron chi connectivity index (χ3n) is 11.2. The van der Waals surface area contributed by atoms with Gasteiger partial charge in [0.05, 0.1) is 5.25 Å². The Hall–Kier alpha value is -3.97. The summed E-state index contributed by atoms with van der Waals surface area (Å²) >= 11 is 0. The maximum Gasteiger partial charge on any atom is 0.318 e. The summed E-state index contributed by atoms with van der Waals surface area (Å²) in [4.78, 5) is 61.5. The largest absolute Gasteiger partial charge is 0.339 e. The van der Waals surface area contributed by atoms with Crippen LogP contribution in [0.25, 0.3) is 10.8 Å². The first-order chi connectivity index (χ1) is 23.7. The van der Waals surface area contributed by atoms with Gasteiger partial charge in [0.2, 0.25) is 21.8 Å². The number of rotatable bonds is 9. The highest BCUT2D eigenvalue weighted by atomic mass is 32.2. The maximum absolute atomic E-state index is 14.7. The SMILES string of the molecule is C=C[C@@H]1C[C@]1(NC(=O)[C@@H]1C[C@@H](N2Cc3cccc4cccc(c34)C2)CN1C(=O)[C@@H](NC(=O)N1CCCC1)C(C)(C)C)C(=O)NS(=O)(=O)C1CC1. The zero-order chi connectivity index (χ0) is 35.6. The van der Waals surface area contributed by atoms with Gasteiger partial charge in [-0.1, -0.05) is 63.2 Å². The average Bonchev–Trinajstić information content (AvgIpc) is 3.93. The van der Waals surface area contributed by atoms with E-state index in [1.807, 2.05) is 32.9 Å². The fourth-order valence-electron chi connectivity index (χ4n) is 8.06. The quantitative estimate of drug-likeness (QED) is 0.340. The second-order valence-electron chi connectivity index (χ2n) is 15.9. The maximum atomic E-state index is 14.7.